The molecule has 1 aliphatic rings. The molecule has 5 atom stereocenters. The predicted octanol–water partition coefficient (Wildman–Crippen LogP) is -0.511. The first kappa shape index (κ1) is 13.6. The number of aromatic amines is 1. The van der Waals surface area contributed by atoms with Crippen molar-refractivity contribution < 1.29 is 20.1 Å². The summed E-state index contributed by atoms with van der Waals surface area (Å²) in [4.78, 5) is 10.9. The van der Waals surface area contributed by atoms with E-state index in [0.29, 0.717) is 15.8 Å². The molecule has 3 rings (SSSR count). The third-order valence-electron chi connectivity index (χ3n) is 3.48. The van der Waals surface area contributed by atoms with Crippen LogP contribution in [-0.4, -0.2) is 59.3 Å². The van der Waals surface area contributed by atoms with Crippen LogP contribution in [0.15, 0.2) is 12.7 Å². The van der Waals surface area contributed by atoms with Gasteiger partial charge in [-0.15, -0.1) is 0 Å². The summed E-state index contributed by atoms with van der Waals surface area (Å²) in [5, 5.41) is 29.6. The molecule has 0 spiro atoms. The zero-order chi connectivity index (χ0) is 14.4. The van der Waals surface area contributed by atoms with Gasteiger partial charge in [-0.25, -0.2) is 9.97 Å². The van der Waals surface area contributed by atoms with Crippen LogP contribution in [-0.2, 0) is 4.74 Å². The third kappa shape index (κ3) is 1.95. The van der Waals surface area contributed by atoms with Crippen LogP contribution in [0.3, 0.4) is 0 Å². The Morgan fingerprint density at radius 2 is 2.00 bits per heavy atom. The zero-order valence-corrected chi connectivity index (χ0v) is 11.4. The first-order chi connectivity index (χ1) is 9.50. The molecule has 5 unspecified atom stereocenters. The van der Waals surface area contributed by atoms with Crippen molar-refractivity contribution in [2.24, 2.45) is 0 Å². The molecule has 108 valence electrons. The minimum atomic E-state index is -1.30. The summed E-state index contributed by atoms with van der Waals surface area (Å²) in [5.41, 5.74) is 1.01. The molecule has 9 heteroatoms. The summed E-state index contributed by atoms with van der Waals surface area (Å²) in [6.07, 6.45) is -2.35. The van der Waals surface area contributed by atoms with Crippen molar-refractivity contribution in [3.05, 3.63) is 17.3 Å². The van der Waals surface area contributed by atoms with Gasteiger partial charge >= 0.3 is 0 Å². The Kier molecular flexibility index (Phi) is 3.30. The average Bonchev–Trinajstić information content (AvgIpc) is 2.86. The molecule has 0 radical (unpaired) electrons. The zero-order valence-electron chi connectivity index (χ0n) is 10.5. The van der Waals surface area contributed by atoms with Crippen molar-refractivity contribution >= 4 is 23.4 Å². The summed E-state index contributed by atoms with van der Waals surface area (Å²) in [6, 6.07) is 0. The third-order valence-corrected chi connectivity index (χ3v) is 3.78. The Bertz CT molecular complexity index is 686. The van der Waals surface area contributed by atoms with Crippen LogP contribution in [0.25, 0.3) is 11.2 Å². The van der Waals surface area contributed by atoms with E-state index in [2.05, 4.69) is 15.0 Å². The summed E-state index contributed by atoms with van der Waals surface area (Å²) < 4.78 is 7.42. The Morgan fingerprint density at radius 3 is 2.75 bits per heavy atom. The Labute approximate surface area is 118 Å². The molecule has 1 fully saturated rings. The molecule has 0 aliphatic carbocycles. The van der Waals surface area contributed by atoms with Gasteiger partial charge in [0.2, 0.25) is 0 Å². The first-order valence-electron chi connectivity index (χ1n) is 6.10. The molecule has 2 aromatic rings. The van der Waals surface area contributed by atoms with Gasteiger partial charge in [-0.1, -0.05) is 12.2 Å². The standard InChI is InChI=1S/C11H14N4O4S/c1-4-6(16)7(17)8(18)11(19-4)15-3-14-5-9(15)12-2-13-10(5)20/h2-4,6-8,11,16-18H,1H3,(H,12,13,20). The van der Waals surface area contributed by atoms with Crippen LogP contribution in [0.5, 0.6) is 0 Å². The second-order valence-corrected chi connectivity index (χ2v) is 5.15. The van der Waals surface area contributed by atoms with Gasteiger partial charge in [0.1, 0.15) is 29.5 Å². The fourth-order valence-electron chi connectivity index (χ4n) is 2.33. The van der Waals surface area contributed by atoms with Crippen molar-refractivity contribution in [2.45, 2.75) is 37.6 Å². The molecule has 1 aliphatic heterocycles. The lowest BCUT2D eigenvalue weighted by molar-refractivity contribution is -0.239. The van der Waals surface area contributed by atoms with E-state index in [9.17, 15) is 15.3 Å². The van der Waals surface area contributed by atoms with Crippen LogP contribution in [0.4, 0.5) is 0 Å². The number of imidazole rings is 1. The summed E-state index contributed by atoms with van der Waals surface area (Å²) >= 11 is 5.06. The highest BCUT2D eigenvalue weighted by atomic mass is 32.1. The molecule has 3 heterocycles. The second kappa shape index (κ2) is 4.86. The number of nitrogens with one attached hydrogen (secondary N) is 1. The van der Waals surface area contributed by atoms with Crippen LogP contribution >= 0.6 is 12.2 Å². The largest absolute Gasteiger partial charge is 0.388 e. The van der Waals surface area contributed by atoms with E-state index in [4.69, 9.17) is 17.0 Å². The Hall–Kier alpha value is -1.39. The molecule has 20 heavy (non-hydrogen) atoms. The summed E-state index contributed by atoms with van der Waals surface area (Å²) in [7, 11) is 0. The lowest BCUT2D eigenvalue weighted by atomic mass is 9.99. The fraction of sp³-hybridized carbons (Fsp3) is 0.545. The first-order valence-corrected chi connectivity index (χ1v) is 6.51. The van der Waals surface area contributed by atoms with Gasteiger partial charge in [0.15, 0.2) is 10.9 Å². The molecule has 4 N–H and O–H groups in total. The van der Waals surface area contributed by atoms with E-state index in [1.54, 1.807) is 6.92 Å². The number of nitrogens with zero attached hydrogens (tertiary/aromatic N) is 3. The minimum Gasteiger partial charge on any atom is -0.388 e. The molecule has 0 bridgehead atoms. The van der Waals surface area contributed by atoms with Gasteiger partial charge in [0, 0.05) is 0 Å². The number of fused-ring (bicyclic) bond motifs is 1. The number of aliphatic hydroxyl groups is 3. The van der Waals surface area contributed by atoms with Gasteiger partial charge in [0.05, 0.1) is 18.8 Å². The highest BCUT2D eigenvalue weighted by Gasteiger charge is 2.43. The molecular formula is C11H14N4O4S. The van der Waals surface area contributed by atoms with Gasteiger partial charge < -0.3 is 25.0 Å². The van der Waals surface area contributed by atoms with Gasteiger partial charge in [-0.3, -0.25) is 4.57 Å². The maximum Gasteiger partial charge on any atom is 0.165 e. The van der Waals surface area contributed by atoms with E-state index < -0.39 is 30.6 Å². The Morgan fingerprint density at radius 1 is 1.25 bits per heavy atom. The number of rotatable bonds is 1. The van der Waals surface area contributed by atoms with Crippen molar-refractivity contribution in [3.63, 3.8) is 0 Å². The molecular weight excluding hydrogens is 284 g/mol. The van der Waals surface area contributed by atoms with Gasteiger partial charge in [-0.05, 0) is 6.92 Å². The molecule has 2 aromatic heterocycles. The number of aliphatic hydroxyl groups excluding tert-OH is 3. The number of ether oxygens (including phenoxy) is 1. The van der Waals surface area contributed by atoms with Crippen LogP contribution in [0.2, 0.25) is 0 Å². The SMILES string of the molecule is CC1OC(n2cnc3c(=S)nc[nH]c32)C(O)C(O)C1O. The maximum absolute atomic E-state index is 10.1. The molecule has 1 saturated heterocycles. The fourth-order valence-corrected chi connectivity index (χ4v) is 2.53. The minimum absolute atomic E-state index is 0.330. The molecule has 0 amide bonds. The number of aromatic nitrogens is 4. The van der Waals surface area contributed by atoms with Gasteiger partial charge in [0.25, 0.3) is 0 Å². The highest BCUT2D eigenvalue weighted by molar-refractivity contribution is 7.71. The lowest BCUT2D eigenvalue weighted by Crippen LogP contribution is -2.54. The van der Waals surface area contributed by atoms with Crippen molar-refractivity contribution in [1.82, 2.24) is 19.5 Å². The van der Waals surface area contributed by atoms with Crippen LogP contribution in [0, 0.1) is 4.64 Å². The highest BCUT2D eigenvalue weighted by Crippen LogP contribution is 2.29. The van der Waals surface area contributed by atoms with Crippen molar-refractivity contribution in [1.29, 1.82) is 0 Å². The van der Waals surface area contributed by atoms with Crippen LogP contribution in [0.1, 0.15) is 13.2 Å². The Balaban J connectivity index is 2.07. The monoisotopic (exact) mass is 298 g/mol. The number of hydrogen-bond acceptors (Lipinski definition) is 7. The van der Waals surface area contributed by atoms with Gasteiger partial charge in [-0.2, -0.15) is 0 Å². The van der Waals surface area contributed by atoms with E-state index in [1.165, 1.54) is 17.2 Å². The topological polar surface area (TPSA) is 116 Å². The quantitative estimate of drug-likeness (QED) is 0.524. The van der Waals surface area contributed by atoms with E-state index in [1.807, 2.05) is 0 Å². The van der Waals surface area contributed by atoms with Crippen molar-refractivity contribution in [3.8, 4) is 0 Å². The molecule has 0 saturated carbocycles. The summed E-state index contributed by atoms with van der Waals surface area (Å²) in [6.45, 7) is 1.62. The average molecular weight is 298 g/mol. The van der Waals surface area contributed by atoms with E-state index in [-0.39, 0.29) is 0 Å². The van der Waals surface area contributed by atoms with Crippen LogP contribution < -0.4 is 0 Å². The number of hydrogen-bond donors (Lipinski definition) is 4. The normalized spacial score (nSPS) is 34.5. The van der Waals surface area contributed by atoms with E-state index >= 15 is 0 Å². The summed E-state index contributed by atoms with van der Waals surface area (Å²) in [5.74, 6) is 0. The number of H-pyrrole nitrogens is 1. The second-order valence-electron chi connectivity index (χ2n) is 4.76. The maximum atomic E-state index is 10.1. The van der Waals surface area contributed by atoms with Crippen molar-refractivity contribution in [2.75, 3.05) is 0 Å². The molecule has 0 aromatic carbocycles. The predicted molar refractivity (Wildman–Crippen MR) is 70.3 cm³/mol. The van der Waals surface area contributed by atoms with E-state index in [0.717, 1.165) is 0 Å². The molecule has 8 nitrogen and oxygen atoms in total. The smallest absolute Gasteiger partial charge is 0.165 e. The lowest BCUT2D eigenvalue weighted by Gasteiger charge is -2.39.